The Bertz CT molecular complexity index is 817. The summed E-state index contributed by atoms with van der Waals surface area (Å²) in [6.45, 7) is -0.605. The number of Topliss-reactive ketones (excluding diaryl/α,β-unsaturated/α-hetero) is 1. The zero-order valence-corrected chi connectivity index (χ0v) is 12.3. The van der Waals surface area contributed by atoms with Crippen molar-refractivity contribution in [1.82, 2.24) is 0 Å². The number of nitro groups is 1. The van der Waals surface area contributed by atoms with Crippen molar-refractivity contribution in [1.29, 1.82) is 0 Å². The average Bonchev–Trinajstić information content (AvgIpc) is 3.06. The standard InChI is InChI=1S/C16H11NO7/c18-13(10-4-2-1-3-5-10)8-22-16(19)11-6-14-15(24-9-23-14)7-12(11)17(20)21/h1-7H,8-9H2. The predicted molar refractivity (Wildman–Crippen MR) is 80.3 cm³/mol. The van der Waals surface area contributed by atoms with Crippen LogP contribution in [0.15, 0.2) is 42.5 Å². The molecule has 1 heterocycles. The highest BCUT2D eigenvalue weighted by Crippen LogP contribution is 2.38. The van der Waals surface area contributed by atoms with Crippen molar-refractivity contribution in [3.63, 3.8) is 0 Å². The van der Waals surface area contributed by atoms with Gasteiger partial charge in [0.15, 0.2) is 23.9 Å². The van der Waals surface area contributed by atoms with Gasteiger partial charge in [-0.25, -0.2) is 4.79 Å². The van der Waals surface area contributed by atoms with Crippen molar-refractivity contribution < 1.29 is 28.7 Å². The lowest BCUT2D eigenvalue weighted by Crippen LogP contribution is -2.15. The number of nitrogens with zero attached hydrogens (tertiary/aromatic N) is 1. The molecule has 0 spiro atoms. The zero-order valence-electron chi connectivity index (χ0n) is 12.3. The van der Waals surface area contributed by atoms with Crippen LogP contribution in [0.3, 0.4) is 0 Å². The highest BCUT2D eigenvalue weighted by molar-refractivity contribution is 6.00. The molecule has 2 aromatic carbocycles. The van der Waals surface area contributed by atoms with E-state index in [1.807, 2.05) is 0 Å². The van der Waals surface area contributed by atoms with Crippen LogP contribution in [0, 0.1) is 10.1 Å². The van der Waals surface area contributed by atoms with Crippen LogP contribution in [0.5, 0.6) is 11.5 Å². The monoisotopic (exact) mass is 329 g/mol. The maximum Gasteiger partial charge on any atom is 0.345 e. The minimum absolute atomic E-state index is 0.0858. The molecule has 0 atom stereocenters. The molecule has 0 fully saturated rings. The van der Waals surface area contributed by atoms with Gasteiger partial charge >= 0.3 is 5.97 Å². The Balaban J connectivity index is 1.78. The largest absolute Gasteiger partial charge is 0.454 e. The maximum atomic E-state index is 12.1. The number of fused-ring (bicyclic) bond motifs is 1. The van der Waals surface area contributed by atoms with E-state index in [0.717, 1.165) is 6.07 Å². The van der Waals surface area contributed by atoms with E-state index >= 15 is 0 Å². The van der Waals surface area contributed by atoms with Gasteiger partial charge in [0, 0.05) is 11.6 Å². The lowest BCUT2D eigenvalue weighted by atomic mass is 10.1. The van der Waals surface area contributed by atoms with E-state index in [-0.39, 0.29) is 23.9 Å². The summed E-state index contributed by atoms with van der Waals surface area (Å²) in [5.74, 6) is -1.00. The van der Waals surface area contributed by atoms with Gasteiger partial charge in [-0.15, -0.1) is 0 Å². The summed E-state index contributed by atoms with van der Waals surface area (Å²) in [4.78, 5) is 34.5. The molecule has 0 amide bonds. The first-order chi connectivity index (χ1) is 11.6. The molecule has 2 aromatic rings. The Hall–Kier alpha value is -3.42. The number of carbonyl (C=O) groups is 2. The molecular formula is C16H11NO7. The van der Waals surface area contributed by atoms with Crippen LogP contribution < -0.4 is 9.47 Å². The molecule has 0 saturated heterocycles. The van der Waals surface area contributed by atoms with Crippen LogP contribution in [0.25, 0.3) is 0 Å². The number of hydrogen-bond acceptors (Lipinski definition) is 7. The van der Waals surface area contributed by atoms with E-state index in [1.54, 1.807) is 30.3 Å². The molecule has 0 saturated carbocycles. The van der Waals surface area contributed by atoms with Crippen molar-refractivity contribution in [2.24, 2.45) is 0 Å². The second-order valence-electron chi connectivity index (χ2n) is 4.85. The van der Waals surface area contributed by atoms with E-state index < -0.39 is 29.0 Å². The number of carbonyl (C=O) groups excluding carboxylic acids is 2. The summed E-state index contributed by atoms with van der Waals surface area (Å²) in [7, 11) is 0. The zero-order chi connectivity index (χ0) is 17.1. The Morgan fingerprint density at radius 3 is 2.46 bits per heavy atom. The Morgan fingerprint density at radius 2 is 1.79 bits per heavy atom. The molecule has 1 aliphatic rings. The molecule has 0 aliphatic carbocycles. The molecule has 0 unspecified atom stereocenters. The van der Waals surface area contributed by atoms with Gasteiger partial charge in [0.05, 0.1) is 11.0 Å². The quantitative estimate of drug-likeness (QED) is 0.359. The lowest BCUT2D eigenvalue weighted by molar-refractivity contribution is -0.385. The van der Waals surface area contributed by atoms with Gasteiger partial charge in [0.2, 0.25) is 6.79 Å². The third-order valence-corrected chi connectivity index (χ3v) is 3.34. The number of nitro benzene ring substituents is 1. The first kappa shape index (κ1) is 15.5. The summed E-state index contributed by atoms with van der Waals surface area (Å²) in [6, 6.07) is 10.5. The summed E-state index contributed by atoms with van der Waals surface area (Å²) < 4.78 is 15.1. The van der Waals surface area contributed by atoms with E-state index in [9.17, 15) is 19.7 Å². The number of hydrogen-bond donors (Lipinski definition) is 0. The Labute approximate surface area is 135 Å². The van der Waals surface area contributed by atoms with Crippen LogP contribution in [0.4, 0.5) is 5.69 Å². The van der Waals surface area contributed by atoms with Gasteiger partial charge < -0.3 is 14.2 Å². The fraction of sp³-hybridized carbons (Fsp3) is 0.125. The fourth-order valence-electron chi connectivity index (χ4n) is 2.16. The summed E-state index contributed by atoms with van der Waals surface area (Å²) in [5.41, 5.74) is -0.396. The molecule has 24 heavy (non-hydrogen) atoms. The molecule has 122 valence electrons. The highest BCUT2D eigenvalue weighted by atomic mass is 16.7. The maximum absolute atomic E-state index is 12.1. The van der Waals surface area contributed by atoms with Gasteiger partial charge in [-0.3, -0.25) is 14.9 Å². The number of benzene rings is 2. The van der Waals surface area contributed by atoms with E-state index in [0.29, 0.717) is 5.56 Å². The van der Waals surface area contributed by atoms with Gasteiger partial charge in [0.1, 0.15) is 5.56 Å². The molecule has 3 rings (SSSR count). The fourth-order valence-corrected chi connectivity index (χ4v) is 2.16. The number of ether oxygens (including phenoxy) is 3. The third-order valence-electron chi connectivity index (χ3n) is 3.34. The second-order valence-corrected chi connectivity index (χ2v) is 4.85. The normalized spacial score (nSPS) is 11.8. The first-order valence-electron chi connectivity index (χ1n) is 6.89. The predicted octanol–water partition coefficient (Wildman–Crippen LogP) is 2.36. The molecule has 0 bridgehead atoms. The smallest absolute Gasteiger partial charge is 0.345 e. The van der Waals surface area contributed by atoms with Crippen molar-refractivity contribution in [3.05, 3.63) is 63.7 Å². The molecule has 0 aromatic heterocycles. The van der Waals surface area contributed by atoms with Crippen LogP contribution in [-0.2, 0) is 4.74 Å². The van der Waals surface area contributed by atoms with Gasteiger partial charge in [0.25, 0.3) is 5.69 Å². The van der Waals surface area contributed by atoms with Crippen LogP contribution >= 0.6 is 0 Å². The van der Waals surface area contributed by atoms with Crippen molar-refractivity contribution in [2.45, 2.75) is 0 Å². The Kier molecular flexibility index (Phi) is 4.11. The minimum atomic E-state index is -0.982. The molecule has 0 N–H and O–H groups in total. The summed E-state index contributed by atoms with van der Waals surface area (Å²) >= 11 is 0. The SMILES string of the molecule is O=C(COC(=O)c1cc2c(cc1[N+](=O)[O-])OCO2)c1ccccc1. The Morgan fingerprint density at radius 1 is 1.12 bits per heavy atom. The van der Waals surface area contributed by atoms with E-state index in [2.05, 4.69) is 0 Å². The molecule has 8 nitrogen and oxygen atoms in total. The van der Waals surface area contributed by atoms with Gasteiger partial charge in [-0.2, -0.15) is 0 Å². The molecular weight excluding hydrogens is 318 g/mol. The number of rotatable bonds is 5. The first-order valence-corrected chi connectivity index (χ1v) is 6.89. The average molecular weight is 329 g/mol. The van der Waals surface area contributed by atoms with Gasteiger partial charge in [-0.1, -0.05) is 30.3 Å². The summed E-state index contributed by atoms with van der Waals surface area (Å²) in [5, 5.41) is 11.1. The van der Waals surface area contributed by atoms with E-state index in [4.69, 9.17) is 14.2 Å². The van der Waals surface area contributed by atoms with Crippen LogP contribution in [0.2, 0.25) is 0 Å². The van der Waals surface area contributed by atoms with Crippen molar-refractivity contribution in [2.75, 3.05) is 13.4 Å². The third kappa shape index (κ3) is 3.02. The summed E-state index contributed by atoms with van der Waals surface area (Å²) in [6.07, 6.45) is 0. The molecule has 0 radical (unpaired) electrons. The van der Waals surface area contributed by atoms with Crippen LogP contribution in [0.1, 0.15) is 20.7 Å². The molecule has 8 heteroatoms. The molecule has 1 aliphatic heterocycles. The van der Waals surface area contributed by atoms with E-state index in [1.165, 1.54) is 6.07 Å². The number of ketones is 1. The minimum Gasteiger partial charge on any atom is -0.454 e. The van der Waals surface area contributed by atoms with Crippen molar-refractivity contribution >= 4 is 17.4 Å². The number of esters is 1. The highest BCUT2D eigenvalue weighted by Gasteiger charge is 2.28. The van der Waals surface area contributed by atoms with Crippen LogP contribution in [-0.4, -0.2) is 30.1 Å². The van der Waals surface area contributed by atoms with Gasteiger partial charge in [-0.05, 0) is 0 Å². The lowest BCUT2D eigenvalue weighted by Gasteiger charge is -2.06. The van der Waals surface area contributed by atoms with Crippen molar-refractivity contribution in [3.8, 4) is 11.5 Å². The topological polar surface area (TPSA) is 105 Å². The second kappa shape index (κ2) is 6.37.